The normalized spacial score (nSPS) is 15.8. The molecule has 1 aromatic heterocycles. The first kappa shape index (κ1) is 18.5. The highest BCUT2D eigenvalue weighted by Crippen LogP contribution is 2.38. The number of ether oxygens (including phenoxy) is 1. The fourth-order valence-electron chi connectivity index (χ4n) is 4.15. The number of nitrogens with one attached hydrogen (secondary N) is 1. The van der Waals surface area contributed by atoms with E-state index in [1.165, 1.54) is 33.2 Å². The molecule has 4 aromatic rings. The Balaban J connectivity index is 1.58. The Bertz CT molecular complexity index is 1240. The number of fused-ring (bicyclic) bond motifs is 1. The van der Waals surface area contributed by atoms with Gasteiger partial charge in [-0.2, -0.15) is 0 Å². The largest absolute Gasteiger partial charge is 0.497 e. The minimum Gasteiger partial charge on any atom is -0.497 e. The number of aryl methyl sites for hydroxylation is 2. The van der Waals surface area contributed by atoms with Crippen LogP contribution in [-0.4, -0.2) is 17.8 Å². The van der Waals surface area contributed by atoms with Gasteiger partial charge in [-0.25, -0.2) is 0 Å². The molecule has 0 bridgehead atoms. The number of hydrogen-bond acceptors (Lipinski definition) is 3. The second kappa shape index (κ2) is 7.38. The Morgan fingerprint density at radius 2 is 1.73 bits per heavy atom. The molecule has 4 heteroatoms. The lowest BCUT2D eigenvalue weighted by molar-refractivity contribution is 0.0857. The maximum Gasteiger partial charge on any atom is 0.158 e. The maximum absolute atomic E-state index is 5.85. The van der Waals surface area contributed by atoms with E-state index >= 15 is 0 Å². The van der Waals surface area contributed by atoms with E-state index in [-0.39, 0.29) is 6.10 Å². The molecule has 1 N–H and O–H groups in total. The number of benzene rings is 3. The lowest BCUT2D eigenvalue weighted by atomic mass is 9.96. The summed E-state index contributed by atoms with van der Waals surface area (Å²) in [5.74, 6) is 0.839. The SMILES string of the molecule is COc1ccc(C2CC(c3[nH]c4c(C)c(C)ccc4c3-c3ccccc3)=NO2)cc1. The summed E-state index contributed by atoms with van der Waals surface area (Å²) in [5, 5.41) is 5.71. The molecule has 5 rings (SSSR count). The molecule has 2 heterocycles. The topological polar surface area (TPSA) is 46.6 Å². The zero-order valence-corrected chi connectivity index (χ0v) is 17.4. The number of nitrogens with zero attached hydrogens (tertiary/aromatic N) is 1. The highest BCUT2D eigenvalue weighted by molar-refractivity contribution is 6.13. The molecule has 4 nitrogen and oxygen atoms in total. The van der Waals surface area contributed by atoms with Crippen LogP contribution < -0.4 is 4.74 Å². The van der Waals surface area contributed by atoms with Crippen molar-refractivity contribution >= 4 is 16.6 Å². The Labute approximate surface area is 176 Å². The van der Waals surface area contributed by atoms with Crippen LogP contribution in [0.15, 0.2) is 71.9 Å². The fraction of sp³-hybridized carbons (Fsp3) is 0.192. The molecule has 1 aliphatic heterocycles. The van der Waals surface area contributed by atoms with Crippen LogP contribution in [0.5, 0.6) is 5.75 Å². The third kappa shape index (κ3) is 3.05. The predicted octanol–water partition coefficient (Wildman–Crippen LogP) is 6.33. The second-order valence-electron chi connectivity index (χ2n) is 7.78. The van der Waals surface area contributed by atoms with Crippen molar-refractivity contribution in [2.45, 2.75) is 26.4 Å². The third-order valence-corrected chi connectivity index (χ3v) is 6.01. The summed E-state index contributed by atoms with van der Waals surface area (Å²) < 4.78 is 5.27. The maximum atomic E-state index is 5.85. The number of oxime groups is 1. The average molecular weight is 396 g/mol. The van der Waals surface area contributed by atoms with Crippen LogP contribution in [-0.2, 0) is 4.84 Å². The van der Waals surface area contributed by atoms with Gasteiger partial charge in [0.15, 0.2) is 6.10 Å². The van der Waals surface area contributed by atoms with Crippen LogP contribution in [0.1, 0.15) is 34.9 Å². The van der Waals surface area contributed by atoms with E-state index in [9.17, 15) is 0 Å². The molecule has 0 amide bonds. The molecule has 3 aromatic carbocycles. The first-order valence-electron chi connectivity index (χ1n) is 10.2. The van der Waals surface area contributed by atoms with Gasteiger partial charge in [0.25, 0.3) is 0 Å². The summed E-state index contributed by atoms with van der Waals surface area (Å²) in [6.07, 6.45) is 0.626. The quantitative estimate of drug-likeness (QED) is 0.438. The predicted molar refractivity (Wildman–Crippen MR) is 121 cm³/mol. The zero-order valence-electron chi connectivity index (χ0n) is 17.4. The summed E-state index contributed by atoms with van der Waals surface area (Å²) in [6, 6.07) is 22.9. The van der Waals surface area contributed by atoms with E-state index < -0.39 is 0 Å². The molecule has 30 heavy (non-hydrogen) atoms. The Morgan fingerprint density at radius 1 is 0.967 bits per heavy atom. The van der Waals surface area contributed by atoms with Crippen molar-refractivity contribution in [3.05, 3.63) is 89.1 Å². The van der Waals surface area contributed by atoms with Crippen LogP contribution in [0.25, 0.3) is 22.0 Å². The Hall–Kier alpha value is -3.53. The molecule has 0 radical (unpaired) electrons. The summed E-state index contributed by atoms with van der Waals surface area (Å²) >= 11 is 0. The van der Waals surface area contributed by atoms with Crippen molar-refractivity contribution in [1.82, 2.24) is 4.98 Å². The van der Waals surface area contributed by atoms with Crippen molar-refractivity contribution in [2.24, 2.45) is 5.16 Å². The minimum atomic E-state index is -0.0937. The van der Waals surface area contributed by atoms with Crippen molar-refractivity contribution in [2.75, 3.05) is 7.11 Å². The molecular weight excluding hydrogens is 372 g/mol. The van der Waals surface area contributed by atoms with Gasteiger partial charge in [-0.05, 0) is 48.2 Å². The zero-order chi connectivity index (χ0) is 20.7. The van der Waals surface area contributed by atoms with E-state index in [0.29, 0.717) is 0 Å². The number of hydrogen-bond donors (Lipinski definition) is 1. The summed E-state index contributed by atoms with van der Waals surface area (Å²) in [7, 11) is 1.67. The molecule has 0 saturated carbocycles. The van der Waals surface area contributed by atoms with Crippen molar-refractivity contribution in [1.29, 1.82) is 0 Å². The molecule has 1 aliphatic rings. The molecular formula is C26H24N2O2. The molecule has 1 atom stereocenters. The standard InChI is InChI=1S/C26H24N2O2/c1-16-9-14-21-24(19-7-5-4-6-8-19)26(27-25(21)17(16)2)22-15-23(30-28-22)18-10-12-20(29-3)13-11-18/h4-14,23,27H,15H2,1-3H3. The summed E-state index contributed by atoms with van der Waals surface area (Å²) in [4.78, 5) is 9.52. The highest BCUT2D eigenvalue weighted by atomic mass is 16.6. The first-order valence-corrected chi connectivity index (χ1v) is 10.2. The molecule has 0 fully saturated rings. The Kier molecular flexibility index (Phi) is 4.55. The number of H-pyrrole nitrogens is 1. The van der Waals surface area contributed by atoms with E-state index in [1.807, 2.05) is 30.3 Å². The molecule has 150 valence electrons. The van der Waals surface area contributed by atoms with E-state index in [4.69, 9.17) is 9.57 Å². The highest BCUT2D eigenvalue weighted by Gasteiger charge is 2.28. The molecule has 1 unspecified atom stereocenters. The monoisotopic (exact) mass is 396 g/mol. The van der Waals surface area contributed by atoms with Gasteiger partial charge in [0.2, 0.25) is 0 Å². The van der Waals surface area contributed by atoms with E-state index in [1.54, 1.807) is 7.11 Å². The number of aromatic nitrogens is 1. The van der Waals surface area contributed by atoms with Crippen molar-refractivity contribution < 1.29 is 9.57 Å². The molecule has 0 spiro atoms. The van der Waals surface area contributed by atoms with Gasteiger partial charge >= 0.3 is 0 Å². The van der Waals surface area contributed by atoms with E-state index in [0.717, 1.165) is 29.1 Å². The van der Waals surface area contributed by atoms with Crippen molar-refractivity contribution in [3.8, 4) is 16.9 Å². The van der Waals surface area contributed by atoms with Crippen LogP contribution >= 0.6 is 0 Å². The number of rotatable bonds is 4. The van der Waals surface area contributed by atoms with Gasteiger partial charge in [-0.1, -0.05) is 59.8 Å². The number of aromatic amines is 1. The van der Waals surface area contributed by atoms with Gasteiger partial charge < -0.3 is 14.6 Å². The second-order valence-corrected chi connectivity index (χ2v) is 7.78. The minimum absolute atomic E-state index is 0.0937. The average Bonchev–Trinajstić information content (AvgIpc) is 3.42. The van der Waals surface area contributed by atoms with Gasteiger partial charge in [0.1, 0.15) is 11.5 Å². The molecule has 0 saturated heterocycles. The third-order valence-electron chi connectivity index (χ3n) is 6.01. The smallest absolute Gasteiger partial charge is 0.158 e. The summed E-state index contributed by atoms with van der Waals surface area (Å²) in [6.45, 7) is 4.31. The van der Waals surface area contributed by atoms with Gasteiger partial charge in [0, 0.05) is 22.9 Å². The lowest BCUT2D eigenvalue weighted by Crippen LogP contribution is -2.03. The van der Waals surface area contributed by atoms with Gasteiger partial charge in [-0.15, -0.1) is 0 Å². The van der Waals surface area contributed by atoms with E-state index in [2.05, 4.69) is 60.4 Å². The van der Waals surface area contributed by atoms with Crippen molar-refractivity contribution in [3.63, 3.8) is 0 Å². The summed E-state index contributed by atoms with van der Waals surface area (Å²) in [5.41, 5.74) is 9.16. The fourth-order valence-corrected chi connectivity index (χ4v) is 4.15. The molecule has 0 aliphatic carbocycles. The lowest BCUT2D eigenvalue weighted by Gasteiger charge is -2.09. The first-order chi connectivity index (χ1) is 14.7. The van der Waals surface area contributed by atoms with Crippen LogP contribution in [0.4, 0.5) is 0 Å². The van der Waals surface area contributed by atoms with Crippen LogP contribution in [0, 0.1) is 13.8 Å². The Morgan fingerprint density at radius 3 is 2.47 bits per heavy atom. The van der Waals surface area contributed by atoms with Gasteiger partial charge in [0.05, 0.1) is 12.8 Å². The van der Waals surface area contributed by atoms with Gasteiger partial charge in [-0.3, -0.25) is 0 Å². The van der Waals surface area contributed by atoms with Crippen LogP contribution in [0.3, 0.4) is 0 Å². The number of methoxy groups -OCH3 is 1. The van der Waals surface area contributed by atoms with Crippen LogP contribution in [0.2, 0.25) is 0 Å².